The van der Waals surface area contributed by atoms with E-state index in [9.17, 15) is 4.79 Å². The van der Waals surface area contributed by atoms with Crippen LogP contribution in [-0.2, 0) is 6.54 Å². The van der Waals surface area contributed by atoms with Gasteiger partial charge in [-0.2, -0.15) is 0 Å². The fourth-order valence-electron chi connectivity index (χ4n) is 2.84. The lowest BCUT2D eigenvalue weighted by Gasteiger charge is -2.25. The summed E-state index contributed by atoms with van der Waals surface area (Å²) in [7, 11) is 3.62. The molecule has 1 aromatic heterocycles. The smallest absolute Gasteiger partial charge is 0.319 e. The van der Waals surface area contributed by atoms with Crippen molar-refractivity contribution in [3.05, 3.63) is 23.4 Å². The lowest BCUT2D eigenvalue weighted by molar-refractivity contribution is 0.170. The molecular weight excluding hydrogens is 264 g/mol. The maximum Gasteiger partial charge on any atom is 0.319 e. The van der Waals surface area contributed by atoms with Crippen LogP contribution in [0.25, 0.3) is 0 Å². The zero-order valence-corrected chi connectivity index (χ0v) is 13.2. The van der Waals surface area contributed by atoms with Gasteiger partial charge in [-0.25, -0.2) is 9.78 Å². The van der Waals surface area contributed by atoms with Crippen LogP contribution in [0.3, 0.4) is 0 Å². The molecule has 5 heteroatoms. The van der Waals surface area contributed by atoms with Crippen molar-refractivity contribution >= 4 is 11.8 Å². The number of carbonyl (C=O) groups is 1. The third-order valence-electron chi connectivity index (χ3n) is 4.22. The molecule has 0 aromatic carbocycles. The molecule has 1 saturated carbocycles. The lowest BCUT2D eigenvalue weighted by Crippen LogP contribution is -2.41. The molecule has 21 heavy (non-hydrogen) atoms. The average molecular weight is 288 g/mol. The predicted octanol–water partition coefficient (Wildman–Crippen LogP) is 2.10. The van der Waals surface area contributed by atoms with E-state index in [0.717, 1.165) is 42.6 Å². The fraction of sp³-hybridized carbons (Fsp3) is 0.625. The first-order valence-electron chi connectivity index (χ1n) is 7.72. The second kappa shape index (κ2) is 5.54. The van der Waals surface area contributed by atoms with Gasteiger partial charge in [-0.1, -0.05) is 6.07 Å². The van der Waals surface area contributed by atoms with Crippen LogP contribution in [0, 0.1) is 12.8 Å². The molecule has 2 aliphatic rings. The Hall–Kier alpha value is -1.78. The lowest BCUT2D eigenvalue weighted by atomic mass is 10.2. The second-order valence-electron chi connectivity index (χ2n) is 6.42. The Morgan fingerprint density at radius 2 is 2.10 bits per heavy atom. The van der Waals surface area contributed by atoms with Crippen LogP contribution in [-0.4, -0.2) is 54.5 Å². The van der Waals surface area contributed by atoms with E-state index in [-0.39, 0.29) is 6.03 Å². The summed E-state index contributed by atoms with van der Waals surface area (Å²) in [6, 6.07) is 4.24. The summed E-state index contributed by atoms with van der Waals surface area (Å²) in [5, 5.41) is 0. The number of rotatable bonds is 2. The minimum absolute atomic E-state index is 0.0785. The van der Waals surface area contributed by atoms with Gasteiger partial charge in [0.15, 0.2) is 0 Å². The molecule has 0 radical (unpaired) electrons. The van der Waals surface area contributed by atoms with Crippen molar-refractivity contribution in [3.8, 4) is 0 Å². The summed E-state index contributed by atoms with van der Waals surface area (Å²) in [6.07, 6.45) is 2.66. The zero-order chi connectivity index (χ0) is 15.0. The number of urea groups is 1. The minimum Gasteiger partial charge on any atom is -0.354 e. The first-order valence-corrected chi connectivity index (χ1v) is 7.72. The molecule has 0 spiro atoms. The highest BCUT2D eigenvalue weighted by Gasteiger charge is 2.29. The van der Waals surface area contributed by atoms with Crippen molar-refractivity contribution < 1.29 is 4.79 Å². The quantitative estimate of drug-likeness (QED) is 0.836. The van der Waals surface area contributed by atoms with Crippen LogP contribution in [0.2, 0.25) is 0 Å². The molecule has 0 saturated heterocycles. The maximum atomic E-state index is 12.3. The third kappa shape index (κ3) is 3.12. The number of hydrogen-bond donors (Lipinski definition) is 0. The molecule has 0 bridgehead atoms. The number of aromatic nitrogens is 1. The predicted molar refractivity (Wildman–Crippen MR) is 83.4 cm³/mol. The number of carbonyl (C=O) groups excluding carboxylic acids is 1. The van der Waals surface area contributed by atoms with E-state index in [1.807, 2.05) is 32.0 Å². The van der Waals surface area contributed by atoms with E-state index in [0.29, 0.717) is 6.54 Å². The first-order chi connectivity index (χ1) is 10.0. The van der Waals surface area contributed by atoms with Gasteiger partial charge in [-0.15, -0.1) is 0 Å². The van der Waals surface area contributed by atoms with Gasteiger partial charge in [0.05, 0.1) is 6.54 Å². The molecule has 0 unspecified atom stereocenters. The summed E-state index contributed by atoms with van der Waals surface area (Å²) in [5.74, 6) is 1.90. The molecule has 1 aliphatic carbocycles. The zero-order valence-electron chi connectivity index (χ0n) is 13.2. The van der Waals surface area contributed by atoms with Crippen LogP contribution in [0.4, 0.5) is 10.6 Å². The largest absolute Gasteiger partial charge is 0.354 e. The number of pyridine rings is 1. The van der Waals surface area contributed by atoms with E-state index in [4.69, 9.17) is 4.98 Å². The van der Waals surface area contributed by atoms with Gasteiger partial charge in [-0.3, -0.25) is 0 Å². The highest BCUT2D eigenvalue weighted by molar-refractivity contribution is 5.74. The van der Waals surface area contributed by atoms with E-state index in [1.54, 1.807) is 4.90 Å². The Kier molecular flexibility index (Phi) is 3.74. The van der Waals surface area contributed by atoms with Crippen LogP contribution >= 0.6 is 0 Å². The van der Waals surface area contributed by atoms with Crippen molar-refractivity contribution in [2.24, 2.45) is 5.92 Å². The SMILES string of the molecule is Cc1ccc2c(n1)N(CC1CC1)CCN(C(=O)N(C)C)C2. The monoisotopic (exact) mass is 288 g/mol. The number of amides is 2. The minimum atomic E-state index is 0.0785. The Morgan fingerprint density at radius 3 is 2.76 bits per heavy atom. The van der Waals surface area contributed by atoms with Gasteiger partial charge < -0.3 is 14.7 Å². The number of aryl methyl sites for hydroxylation is 1. The summed E-state index contributed by atoms with van der Waals surface area (Å²) < 4.78 is 0. The van der Waals surface area contributed by atoms with E-state index < -0.39 is 0 Å². The Balaban J connectivity index is 1.87. The molecule has 5 nitrogen and oxygen atoms in total. The first kappa shape index (κ1) is 14.2. The molecule has 1 fully saturated rings. The number of hydrogen-bond acceptors (Lipinski definition) is 3. The van der Waals surface area contributed by atoms with E-state index in [2.05, 4.69) is 11.0 Å². The Morgan fingerprint density at radius 1 is 1.33 bits per heavy atom. The normalized spacial score (nSPS) is 18.2. The molecule has 114 valence electrons. The van der Waals surface area contributed by atoms with Gasteiger partial charge in [0.2, 0.25) is 0 Å². The van der Waals surface area contributed by atoms with Crippen molar-refractivity contribution in [2.75, 3.05) is 38.6 Å². The molecule has 1 aromatic rings. The maximum absolute atomic E-state index is 12.3. The molecule has 3 rings (SSSR count). The van der Waals surface area contributed by atoms with Crippen LogP contribution < -0.4 is 4.90 Å². The molecule has 2 amide bonds. The van der Waals surface area contributed by atoms with Gasteiger partial charge in [0.1, 0.15) is 5.82 Å². The second-order valence-corrected chi connectivity index (χ2v) is 6.42. The highest BCUT2D eigenvalue weighted by atomic mass is 16.2. The van der Waals surface area contributed by atoms with Gasteiger partial charge in [0.25, 0.3) is 0 Å². The highest BCUT2D eigenvalue weighted by Crippen LogP contribution is 2.33. The summed E-state index contributed by atoms with van der Waals surface area (Å²) in [5.41, 5.74) is 2.20. The molecule has 1 aliphatic heterocycles. The van der Waals surface area contributed by atoms with Gasteiger partial charge in [-0.05, 0) is 31.7 Å². The van der Waals surface area contributed by atoms with Crippen LogP contribution in [0.1, 0.15) is 24.1 Å². The van der Waals surface area contributed by atoms with Crippen molar-refractivity contribution in [1.29, 1.82) is 0 Å². The number of anilines is 1. The number of fused-ring (bicyclic) bond motifs is 1. The molecule has 2 heterocycles. The molecule has 0 atom stereocenters. The fourth-order valence-corrected chi connectivity index (χ4v) is 2.84. The molecule has 0 N–H and O–H groups in total. The van der Waals surface area contributed by atoms with Gasteiger partial charge in [0, 0.05) is 45.0 Å². The Labute approximate surface area is 126 Å². The topological polar surface area (TPSA) is 39.7 Å². The van der Waals surface area contributed by atoms with Crippen LogP contribution in [0.5, 0.6) is 0 Å². The number of nitrogens with zero attached hydrogens (tertiary/aromatic N) is 4. The van der Waals surface area contributed by atoms with Gasteiger partial charge >= 0.3 is 6.03 Å². The average Bonchev–Trinajstić information content (AvgIpc) is 3.27. The van der Waals surface area contributed by atoms with E-state index in [1.165, 1.54) is 12.8 Å². The van der Waals surface area contributed by atoms with Crippen molar-refractivity contribution in [3.63, 3.8) is 0 Å². The van der Waals surface area contributed by atoms with Crippen molar-refractivity contribution in [1.82, 2.24) is 14.8 Å². The van der Waals surface area contributed by atoms with Crippen molar-refractivity contribution in [2.45, 2.75) is 26.3 Å². The third-order valence-corrected chi connectivity index (χ3v) is 4.22. The van der Waals surface area contributed by atoms with Crippen LogP contribution in [0.15, 0.2) is 12.1 Å². The summed E-state index contributed by atoms with van der Waals surface area (Å²) in [4.78, 5) is 23.0. The Bertz CT molecular complexity index is 539. The van der Waals surface area contributed by atoms with E-state index >= 15 is 0 Å². The molecular formula is C16H24N4O. The summed E-state index contributed by atoms with van der Waals surface area (Å²) >= 11 is 0. The standard InChI is InChI=1S/C16H24N4O/c1-12-4-7-14-11-20(16(21)18(2)3)9-8-19(15(14)17-12)10-13-5-6-13/h4,7,13H,5-6,8-11H2,1-3H3. The summed E-state index contributed by atoms with van der Waals surface area (Å²) in [6.45, 7) is 5.40.